The molecule has 1 N–H and O–H groups in total. The fourth-order valence-electron chi connectivity index (χ4n) is 2.55. The smallest absolute Gasteiger partial charge is 0.331 e. The van der Waals surface area contributed by atoms with Gasteiger partial charge in [-0.3, -0.25) is 13.9 Å². The molecule has 2 heterocycles. The fraction of sp³-hybridized carbons (Fsp3) is 0.333. The Morgan fingerprint density at radius 3 is 2.59 bits per heavy atom. The van der Waals surface area contributed by atoms with Crippen molar-refractivity contribution in [1.29, 1.82) is 0 Å². The van der Waals surface area contributed by atoms with E-state index in [1.807, 2.05) is 44.3 Å². The van der Waals surface area contributed by atoms with Crippen LogP contribution in [0.3, 0.4) is 0 Å². The molecule has 8 nitrogen and oxygen atoms in total. The van der Waals surface area contributed by atoms with Gasteiger partial charge in [-0.15, -0.1) is 12.4 Å². The monoisotopic (exact) mass is 391 g/mol. The van der Waals surface area contributed by atoms with Crippen molar-refractivity contribution in [3.8, 4) is 0 Å². The zero-order valence-electron chi connectivity index (χ0n) is 15.2. The van der Waals surface area contributed by atoms with Crippen LogP contribution >= 0.6 is 12.4 Å². The van der Waals surface area contributed by atoms with Crippen molar-refractivity contribution in [2.75, 3.05) is 7.05 Å². The molecule has 3 rings (SSSR count). The summed E-state index contributed by atoms with van der Waals surface area (Å²) in [6.07, 6.45) is 2.10. The van der Waals surface area contributed by atoms with Gasteiger partial charge in [0.05, 0.1) is 6.54 Å². The van der Waals surface area contributed by atoms with Crippen LogP contribution in [-0.2, 0) is 19.5 Å². The minimum atomic E-state index is -0.412. The van der Waals surface area contributed by atoms with Gasteiger partial charge in [-0.2, -0.15) is 4.98 Å². The van der Waals surface area contributed by atoms with Crippen LogP contribution in [0.4, 0.5) is 0 Å². The maximum absolute atomic E-state index is 12.7. The van der Waals surface area contributed by atoms with Crippen molar-refractivity contribution in [2.45, 2.75) is 32.5 Å². The molecular weight excluding hydrogens is 370 g/mol. The molecule has 9 heteroatoms. The number of nitrogens with one attached hydrogen (secondary N) is 1. The molecule has 0 saturated carbocycles. The molecule has 0 fully saturated rings. The van der Waals surface area contributed by atoms with Crippen molar-refractivity contribution in [3.63, 3.8) is 0 Å². The average molecular weight is 392 g/mol. The van der Waals surface area contributed by atoms with Gasteiger partial charge in [0.15, 0.2) is 5.82 Å². The van der Waals surface area contributed by atoms with Crippen molar-refractivity contribution < 1.29 is 4.52 Å². The van der Waals surface area contributed by atoms with Gasteiger partial charge in [-0.25, -0.2) is 4.79 Å². The summed E-state index contributed by atoms with van der Waals surface area (Å²) >= 11 is 0. The second kappa shape index (κ2) is 9.29. The van der Waals surface area contributed by atoms with Crippen LogP contribution < -0.4 is 16.6 Å². The maximum Gasteiger partial charge on any atom is 0.331 e. The third-order valence-electron chi connectivity index (χ3n) is 4.12. The summed E-state index contributed by atoms with van der Waals surface area (Å²) < 4.78 is 7.77. The first-order valence-corrected chi connectivity index (χ1v) is 8.39. The standard InChI is InChI=1S/C18H21N5O3.ClH/c1-13(19-2)10-15-20-16(26-21-15)12-23-17(24)8-9-22(18(23)25)11-14-6-4-3-5-7-14;/h3-9,13,19H,10-12H2,1-2H3;1H. The van der Waals surface area contributed by atoms with Crippen molar-refractivity contribution in [2.24, 2.45) is 0 Å². The van der Waals surface area contributed by atoms with Crippen LogP contribution in [0, 0.1) is 0 Å². The lowest BCUT2D eigenvalue weighted by atomic mass is 10.2. The van der Waals surface area contributed by atoms with Gasteiger partial charge in [0.2, 0.25) is 5.89 Å². The van der Waals surface area contributed by atoms with Crippen LogP contribution in [0.2, 0.25) is 0 Å². The van der Waals surface area contributed by atoms with Gasteiger partial charge in [0.1, 0.15) is 6.54 Å². The van der Waals surface area contributed by atoms with E-state index in [-0.39, 0.29) is 30.9 Å². The van der Waals surface area contributed by atoms with E-state index in [4.69, 9.17) is 4.52 Å². The highest BCUT2D eigenvalue weighted by Crippen LogP contribution is 2.02. The van der Waals surface area contributed by atoms with Crippen molar-refractivity contribution >= 4 is 12.4 Å². The molecule has 0 bridgehead atoms. The van der Waals surface area contributed by atoms with Gasteiger partial charge >= 0.3 is 5.69 Å². The maximum atomic E-state index is 12.7. The molecule has 27 heavy (non-hydrogen) atoms. The van der Waals surface area contributed by atoms with Gasteiger partial charge < -0.3 is 9.84 Å². The topological polar surface area (TPSA) is 95.0 Å². The van der Waals surface area contributed by atoms with E-state index < -0.39 is 11.2 Å². The van der Waals surface area contributed by atoms with E-state index in [1.54, 1.807) is 0 Å². The number of benzene rings is 1. The fourth-order valence-corrected chi connectivity index (χ4v) is 2.55. The molecule has 3 aromatic rings. The van der Waals surface area contributed by atoms with Crippen LogP contribution in [0.15, 0.2) is 56.7 Å². The Balaban J connectivity index is 0.00000261. The molecule has 0 aliphatic rings. The number of halogens is 1. The van der Waals surface area contributed by atoms with Crippen LogP contribution in [0.5, 0.6) is 0 Å². The van der Waals surface area contributed by atoms with Crippen molar-refractivity contribution in [1.82, 2.24) is 24.6 Å². The second-order valence-corrected chi connectivity index (χ2v) is 6.13. The predicted octanol–water partition coefficient (Wildman–Crippen LogP) is 1.06. The molecular formula is C18H22ClN5O3. The van der Waals surface area contributed by atoms with Gasteiger partial charge in [-0.05, 0) is 19.5 Å². The van der Waals surface area contributed by atoms with Gasteiger partial charge in [-0.1, -0.05) is 35.5 Å². The Labute approximate surface area is 162 Å². The zero-order valence-corrected chi connectivity index (χ0v) is 16.0. The lowest BCUT2D eigenvalue weighted by molar-refractivity contribution is 0.359. The number of hydrogen-bond donors (Lipinski definition) is 1. The Bertz CT molecular complexity index is 980. The molecule has 0 saturated heterocycles. The Morgan fingerprint density at radius 1 is 1.15 bits per heavy atom. The summed E-state index contributed by atoms with van der Waals surface area (Å²) in [7, 11) is 1.85. The molecule has 1 aromatic carbocycles. The first-order valence-electron chi connectivity index (χ1n) is 8.39. The number of aromatic nitrogens is 4. The summed E-state index contributed by atoms with van der Waals surface area (Å²) in [5, 5.41) is 6.99. The lowest BCUT2D eigenvalue weighted by Crippen LogP contribution is -2.39. The summed E-state index contributed by atoms with van der Waals surface area (Å²) in [6, 6.07) is 11.1. The Hall–Kier alpha value is -2.71. The summed E-state index contributed by atoms with van der Waals surface area (Å²) in [5.74, 6) is 0.774. The average Bonchev–Trinajstić information content (AvgIpc) is 3.09. The molecule has 1 unspecified atom stereocenters. The first-order chi connectivity index (χ1) is 12.6. The SMILES string of the molecule is CNC(C)Cc1noc(Cn2c(=O)ccn(Cc3ccccc3)c2=O)n1.Cl. The zero-order chi connectivity index (χ0) is 18.5. The molecule has 2 aromatic heterocycles. The van der Waals surface area contributed by atoms with Crippen LogP contribution in [-0.4, -0.2) is 32.4 Å². The minimum absolute atomic E-state index is 0. The van der Waals surface area contributed by atoms with E-state index in [2.05, 4.69) is 15.5 Å². The highest BCUT2D eigenvalue weighted by Gasteiger charge is 2.13. The number of hydrogen-bond acceptors (Lipinski definition) is 6. The molecule has 0 aliphatic carbocycles. The van der Waals surface area contributed by atoms with E-state index in [9.17, 15) is 9.59 Å². The highest BCUT2D eigenvalue weighted by molar-refractivity contribution is 5.85. The van der Waals surface area contributed by atoms with Crippen molar-refractivity contribution in [3.05, 3.63) is 80.7 Å². The number of rotatable bonds is 7. The van der Waals surface area contributed by atoms with Gasteiger partial charge in [0, 0.05) is 24.7 Å². The molecule has 0 radical (unpaired) electrons. The molecule has 0 aliphatic heterocycles. The van der Waals surface area contributed by atoms with Crippen LogP contribution in [0.1, 0.15) is 24.2 Å². The van der Waals surface area contributed by atoms with E-state index in [0.29, 0.717) is 18.8 Å². The van der Waals surface area contributed by atoms with Crippen LogP contribution in [0.25, 0.3) is 0 Å². The van der Waals surface area contributed by atoms with E-state index in [0.717, 1.165) is 10.1 Å². The third kappa shape index (κ3) is 5.15. The molecule has 0 amide bonds. The Kier molecular flexibility index (Phi) is 7.09. The second-order valence-electron chi connectivity index (χ2n) is 6.13. The third-order valence-corrected chi connectivity index (χ3v) is 4.12. The quantitative estimate of drug-likeness (QED) is 0.647. The molecule has 144 valence electrons. The minimum Gasteiger partial charge on any atom is -0.337 e. The largest absolute Gasteiger partial charge is 0.337 e. The van der Waals surface area contributed by atoms with E-state index >= 15 is 0 Å². The van der Waals surface area contributed by atoms with Gasteiger partial charge in [0.25, 0.3) is 5.56 Å². The summed E-state index contributed by atoms with van der Waals surface area (Å²) in [6.45, 7) is 2.34. The first kappa shape index (κ1) is 20.6. The number of nitrogens with zero attached hydrogens (tertiary/aromatic N) is 4. The summed E-state index contributed by atoms with van der Waals surface area (Å²) in [5.41, 5.74) is 0.160. The summed E-state index contributed by atoms with van der Waals surface area (Å²) in [4.78, 5) is 29.0. The lowest BCUT2D eigenvalue weighted by Gasteiger charge is -2.08. The highest BCUT2D eigenvalue weighted by atomic mass is 35.5. The predicted molar refractivity (Wildman–Crippen MR) is 103 cm³/mol. The van der Waals surface area contributed by atoms with E-state index in [1.165, 1.54) is 16.8 Å². The number of likely N-dealkylation sites (N-methyl/N-ethyl adjacent to an activating group) is 1. The molecule has 0 spiro atoms. The normalized spacial score (nSPS) is 11.8. The Morgan fingerprint density at radius 2 is 1.89 bits per heavy atom. The molecule has 1 atom stereocenters.